The van der Waals surface area contributed by atoms with Crippen LogP contribution < -0.4 is 10.3 Å². The summed E-state index contributed by atoms with van der Waals surface area (Å²) in [6, 6.07) is 13.0. The molecule has 0 radical (unpaired) electrons. The van der Waals surface area contributed by atoms with Crippen LogP contribution in [0.25, 0.3) is 27.6 Å². The Kier molecular flexibility index (Phi) is 6.50. The van der Waals surface area contributed by atoms with Crippen molar-refractivity contribution in [3.63, 3.8) is 0 Å². The number of ether oxygens (including phenoxy) is 2. The molecule has 9 heteroatoms. The largest absolute Gasteiger partial charge is 0.495 e. The minimum Gasteiger partial charge on any atom is -0.495 e. The molecule has 2 heterocycles. The molecule has 0 saturated heterocycles. The summed E-state index contributed by atoms with van der Waals surface area (Å²) in [6.45, 7) is 3.81. The van der Waals surface area contributed by atoms with Gasteiger partial charge in [0.25, 0.3) is 5.56 Å². The smallest absolute Gasteiger partial charge is 0.313 e. The molecule has 4 rings (SSSR count). The van der Waals surface area contributed by atoms with E-state index < -0.39 is 5.97 Å². The van der Waals surface area contributed by atoms with Crippen molar-refractivity contribution in [2.45, 2.75) is 25.4 Å². The summed E-state index contributed by atoms with van der Waals surface area (Å²) < 4.78 is 11.8. The van der Waals surface area contributed by atoms with Crippen LogP contribution in [0.4, 0.5) is 0 Å². The van der Waals surface area contributed by atoms with Crippen LogP contribution in [0.1, 0.15) is 18.9 Å². The number of rotatable bonds is 8. The Morgan fingerprint density at radius 2 is 1.97 bits per heavy atom. The fourth-order valence-corrected chi connectivity index (χ4v) is 4.45. The number of aromatic amines is 1. The molecule has 0 amide bonds. The quantitative estimate of drug-likeness (QED) is 0.183. The van der Waals surface area contributed by atoms with E-state index >= 15 is 0 Å². The van der Waals surface area contributed by atoms with Gasteiger partial charge in [-0.05, 0) is 37.6 Å². The van der Waals surface area contributed by atoms with Gasteiger partial charge in [-0.15, -0.1) is 0 Å². The number of carbonyl (C=O) groups excluding carboxylic acids is 2. The van der Waals surface area contributed by atoms with E-state index in [1.165, 1.54) is 11.7 Å². The SMILES string of the molecule is CCOC(=O)CC(=O)CSc1nc2c([nH]c3ccccc32)c(=O)n1-c1cc(C)ccc1OC. The monoisotopic (exact) mass is 465 g/mol. The zero-order valence-corrected chi connectivity index (χ0v) is 19.3. The number of benzene rings is 2. The molecule has 0 spiro atoms. The van der Waals surface area contributed by atoms with Crippen LogP contribution in [0.2, 0.25) is 0 Å². The topological polar surface area (TPSA) is 103 Å². The van der Waals surface area contributed by atoms with Crippen LogP contribution >= 0.6 is 11.8 Å². The lowest BCUT2D eigenvalue weighted by Gasteiger charge is -2.15. The van der Waals surface area contributed by atoms with Gasteiger partial charge in [0.2, 0.25) is 0 Å². The standard InChI is InChI=1S/C24H23N3O5S/c1-4-32-20(29)12-15(28)13-33-24-26-21-16-7-5-6-8-17(16)25-22(21)23(30)27(24)18-11-14(2)9-10-19(18)31-3/h5-11,25H,4,12-13H2,1-3H3. The second kappa shape index (κ2) is 9.50. The number of carbonyl (C=O) groups is 2. The highest BCUT2D eigenvalue weighted by Crippen LogP contribution is 2.30. The van der Waals surface area contributed by atoms with Crippen LogP contribution in [0.5, 0.6) is 5.75 Å². The number of aromatic nitrogens is 3. The number of nitrogens with zero attached hydrogens (tertiary/aromatic N) is 2. The molecule has 0 atom stereocenters. The second-order valence-electron chi connectivity index (χ2n) is 7.41. The van der Waals surface area contributed by atoms with Crippen LogP contribution in [0.15, 0.2) is 52.4 Å². The van der Waals surface area contributed by atoms with Crippen molar-refractivity contribution in [3.05, 3.63) is 58.4 Å². The molecular formula is C24H23N3O5S. The Labute approximate surface area is 193 Å². The molecule has 8 nitrogen and oxygen atoms in total. The first kappa shape index (κ1) is 22.6. The molecule has 33 heavy (non-hydrogen) atoms. The lowest BCUT2D eigenvalue weighted by atomic mass is 10.2. The predicted molar refractivity (Wildman–Crippen MR) is 127 cm³/mol. The highest BCUT2D eigenvalue weighted by molar-refractivity contribution is 7.99. The Morgan fingerprint density at radius 3 is 2.73 bits per heavy atom. The molecule has 0 fully saturated rings. The first-order valence-electron chi connectivity index (χ1n) is 10.4. The van der Waals surface area contributed by atoms with Gasteiger partial charge in [-0.25, -0.2) is 9.55 Å². The number of Topliss-reactive ketones (excluding diaryl/α,β-unsaturated/α-hetero) is 1. The summed E-state index contributed by atoms with van der Waals surface area (Å²) in [4.78, 5) is 45.6. The summed E-state index contributed by atoms with van der Waals surface area (Å²) in [6.07, 6.45) is -0.325. The number of nitrogens with one attached hydrogen (secondary N) is 1. The molecule has 0 bridgehead atoms. The fraction of sp³-hybridized carbons (Fsp3) is 0.250. The minimum absolute atomic E-state index is 0.0345. The fourth-order valence-electron chi connectivity index (χ4n) is 3.60. The van der Waals surface area contributed by atoms with Gasteiger partial charge in [0, 0.05) is 10.9 Å². The molecule has 0 unspecified atom stereocenters. The lowest BCUT2D eigenvalue weighted by molar-refractivity contribution is -0.145. The van der Waals surface area contributed by atoms with E-state index in [1.54, 1.807) is 13.0 Å². The Balaban J connectivity index is 1.86. The molecule has 2 aromatic heterocycles. The van der Waals surface area contributed by atoms with Crippen molar-refractivity contribution in [1.29, 1.82) is 0 Å². The first-order valence-corrected chi connectivity index (χ1v) is 11.4. The summed E-state index contributed by atoms with van der Waals surface area (Å²) in [5.74, 6) is -0.414. The van der Waals surface area contributed by atoms with Crippen LogP contribution in [-0.4, -0.2) is 45.8 Å². The van der Waals surface area contributed by atoms with Gasteiger partial charge < -0.3 is 14.5 Å². The van der Waals surface area contributed by atoms with Gasteiger partial charge in [0.05, 0.1) is 25.2 Å². The third-order valence-electron chi connectivity index (χ3n) is 5.08. The first-order chi connectivity index (χ1) is 15.9. The maximum absolute atomic E-state index is 13.7. The number of ketones is 1. The predicted octanol–water partition coefficient (Wildman–Crippen LogP) is 3.80. The van der Waals surface area contributed by atoms with Gasteiger partial charge in [0.15, 0.2) is 10.9 Å². The van der Waals surface area contributed by atoms with E-state index in [2.05, 4.69) is 4.98 Å². The van der Waals surface area contributed by atoms with E-state index in [4.69, 9.17) is 14.5 Å². The molecule has 1 N–H and O–H groups in total. The maximum Gasteiger partial charge on any atom is 0.313 e. The number of thioether (sulfide) groups is 1. The zero-order valence-electron chi connectivity index (χ0n) is 18.5. The van der Waals surface area contributed by atoms with Gasteiger partial charge in [-0.3, -0.25) is 14.4 Å². The van der Waals surface area contributed by atoms with E-state index in [9.17, 15) is 14.4 Å². The number of hydrogen-bond acceptors (Lipinski definition) is 7. The van der Waals surface area contributed by atoms with Crippen molar-refractivity contribution in [2.75, 3.05) is 19.5 Å². The lowest BCUT2D eigenvalue weighted by Crippen LogP contribution is -2.23. The second-order valence-corrected chi connectivity index (χ2v) is 8.36. The van der Waals surface area contributed by atoms with Crippen LogP contribution in [0, 0.1) is 6.92 Å². The van der Waals surface area contributed by atoms with Crippen LogP contribution in [-0.2, 0) is 14.3 Å². The summed E-state index contributed by atoms with van der Waals surface area (Å²) in [5, 5.41) is 1.14. The third kappa shape index (κ3) is 4.49. The van der Waals surface area contributed by atoms with E-state index in [1.807, 2.05) is 43.3 Å². The summed E-state index contributed by atoms with van der Waals surface area (Å²) in [5.41, 5.74) is 2.83. The Bertz CT molecular complexity index is 1420. The molecular weight excluding hydrogens is 442 g/mol. The van der Waals surface area contributed by atoms with Gasteiger partial charge in [-0.1, -0.05) is 36.0 Å². The van der Waals surface area contributed by atoms with Gasteiger partial charge in [0.1, 0.15) is 23.2 Å². The van der Waals surface area contributed by atoms with Crippen molar-refractivity contribution in [2.24, 2.45) is 0 Å². The van der Waals surface area contributed by atoms with Crippen LogP contribution in [0.3, 0.4) is 0 Å². The average molecular weight is 466 g/mol. The Morgan fingerprint density at radius 1 is 1.18 bits per heavy atom. The maximum atomic E-state index is 13.7. The number of esters is 1. The number of methoxy groups -OCH3 is 1. The highest BCUT2D eigenvalue weighted by atomic mass is 32.2. The van der Waals surface area contributed by atoms with Crippen molar-refractivity contribution >= 4 is 45.5 Å². The molecule has 2 aromatic carbocycles. The number of fused-ring (bicyclic) bond motifs is 3. The minimum atomic E-state index is -0.569. The molecule has 170 valence electrons. The molecule has 0 aliphatic carbocycles. The van der Waals surface area contributed by atoms with E-state index in [0.717, 1.165) is 28.2 Å². The summed E-state index contributed by atoms with van der Waals surface area (Å²) >= 11 is 1.10. The number of aryl methyl sites for hydroxylation is 1. The third-order valence-corrected chi connectivity index (χ3v) is 6.08. The number of hydrogen-bond donors (Lipinski definition) is 1. The zero-order chi connectivity index (χ0) is 23.5. The molecule has 4 aromatic rings. The van der Waals surface area contributed by atoms with E-state index in [0.29, 0.717) is 27.6 Å². The number of para-hydroxylation sites is 1. The van der Waals surface area contributed by atoms with Gasteiger partial charge in [-0.2, -0.15) is 0 Å². The molecule has 0 saturated carbocycles. The van der Waals surface area contributed by atoms with Crippen molar-refractivity contribution < 1.29 is 19.1 Å². The van der Waals surface area contributed by atoms with Crippen molar-refractivity contribution in [3.8, 4) is 11.4 Å². The van der Waals surface area contributed by atoms with Gasteiger partial charge >= 0.3 is 5.97 Å². The van der Waals surface area contributed by atoms with E-state index in [-0.39, 0.29) is 30.1 Å². The highest BCUT2D eigenvalue weighted by Gasteiger charge is 2.21. The normalized spacial score (nSPS) is 11.1. The average Bonchev–Trinajstić information content (AvgIpc) is 3.17. The number of H-pyrrole nitrogens is 1. The molecule has 0 aliphatic rings. The summed E-state index contributed by atoms with van der Waals surface area (Å²) in [7, 11) is 1.53. The van der Waals surface area contributed by atoms with Crippen molar-refractivity contribution in [1.82, 2.24) is 14.5 Å². The Hall–Kier alpha value is -3.59. The molecule has 0 aliphatic heterocycles.